The average Bonchev–Trinajstić information content (AvgIpc) is 2.82. The van der Waals surface area contributed by atoms with E-state index in [0.717, 1.165) is 0 Å². The van der Waals surface area contributed by atoms with Crippen molar-refractivity contribution in [3.05, 3.63) is 52.0 Å². The number of para-hydroxylation sites is 1. The molecule has 2 aromatic carbocycles. The van der Waals surface area contributed by atoms with Gasteiger partial charge in [-0.05, 0) is 46.3 Å². The molecule has 0 spiro atoms. The third kappa shape index (κ3) is 3.12. The molecule has 3 rings (SSSR count). The van der Waals surface area contributed by atoms with Crippen LogP contribution in [0.2, 0.25) is 5.02 Å². The predicted octanol–water partition coefficient (Wildman–Crippen LogP) is 3.86. The van der Waals surface area contributed by atoms with Crippen LogP contribution >= 0.6 is 27.5 Å². The van der Waals surface area contributed by atoms with Crippen molar-refractivity contribution in [1.82, 2.24) is 0 Å². The van der Waals surface area contributed by atoms with Crippen LogP contribution in [-0.2, 0) is 9.59 Å². The molecule has 1 saturated heterocycles. The summed E-state index contributed by atoms with van der Waals surface area (Å²) in [6.45, 7) is 0. The van der Waals surface area contributed by atoms with Gasteiger partial charge in [0.05, 0.1) is 24.2 Å². The molecule has 2 aromatic rings. The maximum atomic E-state index is 12.6. The van der Waals surface area contributed by atoms with Crippen LogP contribution < -0.4 is 15.0 Å². The molecule has 0 aliphatic carbocycles. The van der Waals surface area contributed by atoms with Gasteiger partial charge in [0, 0.05) is 10.2 Å². The summed E-state index contributed by atoms with van der Waals surface area (Å²) in [5, 5.41) is 3.50. The van der Waals surface area contributed by atoms with Crippen molar-refractivity contribution in [3.8, 4) is 5.75 Å². The van der Waals surface area contributed by atoms with E-state index in [1.807, 2.05) is 6.07 Å². The van der Waals surface area contributed by atoms with Gasteiger partial charge in [-0.25, -0.2) is 4.90 Å². The van der Waals surface area contributed by atoms with Gasteiger partial charge in [0.25, 0.3) is 5.91 Å². The van der Waals surface area contributed by atoms with Crippen LogP contribution in [0.15, 0.2) is 46.9 Å². The Morgan fingerprint density at radius 3 is 2.67 bits per heavy atom. The number of carbonyl (C=O) groups is 2. The molecule has 124 valence electrons. The van der Waals surface area contributed by atoms with E-state index in [-0.39, 0.29) is 18.2 Å². The average molecular weight is 410 g/mol. The van der Waals surface area contributed by atoms with E-state index in [9.17, 15) is 9.59 Å². The van der Waals surface area contributed by atoms with Crippen molar-refractivity contribution in [2.45, 2.75) is 12.5 Å². The summed E-state index contributed by atoms with van der Waals surface area (Å²) in [6, 6.07) is 11.6. The van der Waals surface area contributed by atoms with Gasteiger partial charge < -0.3 is 10.1 Å². The number of methoxy groups -OCH3 is 1. The number of nitrogens with zero attached hydrogens (tertiary/aromatic N) is 1. The van der Waals surface area contributed by atoms with Crippen molar-refractivity contribution in [2.24, 2.45) is 0 Å². The van der Waals surface area contributed by atoms with Gasteiger partial charge in [-0.2, -0.15) is 0 Å². The standard InChI is InChI=1S/C17H14BrClN2O3/c1-24-15-7-6-10(8-12(15)19)20-13-9-16(22)21(17(13)23)14-5-3-2-4-11(14)18/h2-8,13,20H,9H2,1H3/t13-/m1/s1. The number of imide groups is 1. The SMILES string of the molecule is COc1ccc(N[C@@H]2CC(=O)N(c3ccccc3Br)C2=O)cc1Cl. The summed E-state index contributed by atoms with van der Waals surface area (Å²) in [4.78, 5) is 26.1. The maximum absolute atomic E-state index is 12.6. The molecule has 1 N–H and O–H groups in total. The van der Waals surface area contributed by atoms with Crippen molar-refractivity contribution < 1.29 is 14.3 Å². The Morgan fingerprint density at radius 2 is 2.00 bits per heavy atom. The molecule has 0 saturated carbocycles. The van der Waals surface area contributed by atoms with Gasteiger partial charge >= 0.3 is 0 Å². The molecule has 0 unspecified atom stereocenters. The number of hydrogen-bond acceptors (Lipinski definition) is 4. The highest BCUT2D eigenvalue weighted by Crippen LogP contribution is 2.32. The van der Waals surface area contributed by atoms with Gasteiger partial charge in [0.1, 0.15) is 11.8 Å². The fourth-order valence-electron chi connectivity index (χ4n) is 2.59. The Bertz CT molecular complexity index is 812. The van der Waals surface area contributed by atoms with Gasteiger partial charge in [0.2, 0.25) is 5.91 Å². The minimum atomic E-state index is -0.630. The van der Waals surface area contributed by atoms with E-state index < -0.39 is 6.04 Å². The molecule has 0 radical (unpaired) electrons. The Kier molecular flexibility index (Phi) is 4.78. The predicted molar refractivity (Wildman–Crippen MR) is 96.7 cm³/mol. The largest absolute Gasteiger partial charge is 0.495 e. The van der Waals surface area contributed by atoms with Crippen molar-refractivity contribution in [3.63, 3.8) is 0 Å². The van der Waals surface area contributed by atoms with E-state index in [4.69, 9.17) is 16.3 Å². The lowest BCUT2D eigenvalue weighted by Gasteiger charge is -2.17. The molecule has 0 aromatic heterocycles. The molecule has 24 heavy (non-hydrogen) atoms. The van der Waals surface area contributed by atoms with Gasteiger partial charge in [-0.1, -0.05) is 23.7 Å². The summed E-state index contributed by atoms with van der Waals surface area (Å²) in [5.74, 6) is 0.00809. The number of amides is 2. The minimum Gasteiger partial charge on any atom is -0.495 e. The molecule has 1 atom stereocenters. The smallest absolute Gasteiger partial charge is 0.256 e. The molecule has 1 fully saturated rings. The maximum Gasteiger partial charge on any atom is 0.256 e. The minimum absolute atomic E-state index is 0.0871. The number of nitrogens with one attached hydrogen (secondary N) is 1. The quantitative estimate of drug-likeness (QED) is 0.779. The van der Waals surface area contributed by atoms with E-state index in [0.29, 0.717) is 26.6 Å². The Hall–Kier alpha value is -2.05. The second kappa shape index (κ2) is 6.83. The molecule has 7 heteroatoms. The number of hydrogen-bond donors (Lipinski definition) is 1. The van der Waals surface area contributed by atoms with Crippen molar-refractivity contribution >= 4 is 50.7 Å². The fourth-order valence-corrected chi connectivity index (χ4v) is 3.31. The van der Waals surface area contributed by atoms with E-state index in [1.54, 1.807) is 36.4 Å². The van der Waals surface area contributed by atoms with Crippen molar-refractivity contribution in [2.75, 3.05) is 17.3 Å². The van der Waals surface area contributed by atoms with Gasteiger partial charge in [0.15, 0.2) is 0 Å². The topological polar surface area (TPSA) is 58.6 Å². The molecule has 1 aliphatic rings. The molecular weight excluding hydrogens is 396 g/mol. The van der Waals surface area contributed by atoms with E-state index in [1.165, 1.54) is 12.0 Å². The lowest BCUT2D eigenvalue weighted by molar-refractivity contribution is -0.121. The van der Waals surface area contributed by atoms with Crippen LogP contribution in [0.5, 0.6) is 5.75 Å². The Labute approximate surface area is 152 Å². The number of carbonyl (C=O) groups excluding carboxylic acids is 2. The highest BCUT2D eigenvalue weighted by Gasteiger charge is 2.40. The molecule has 5 nitrogen and oxygen atoms in total. The third-order valence-electron chi connectivity index (χ3n) is 3.73. The lowest BCUT2D eigenvalue weighted by Crippen LogP contribution is -2.35. The van der Waals surface area contributed by atoms with Gasteiger partial charge in [-0.15, -0.1) is 0 Å². The van der Waals surface area contributed by atoms with Crippen LogP contribution in [0.25, 0.3) is 0 Å². The second-order valence-corrected chi connectivity index (χ2v) is 6.53. The fraction of sp³-hybridized carbons (Fsp3) is 0.176. The Morgan fingerprint density at radius 1 is 1.25 bits per heavy atom. The summed E-state index contributed by atoms with van der Waals surface area (Å²) < 4.78 is 5.80. The first-order valence-corrected chi connectivity index (χ1v) is 8.39. The van der Waals surface area contributed by atoms with Crippen molar-refractivity contribution in [1.29, 1.82) is 0 Å². The third-order valence-corrected chi connectivity index (χ3v) is 4.70. The molecule has 2 amide bonds. The summed E-state index contributed by atoms with van der Waals surface area (Å²) >= 11 is 9.47. The van der Waals surface area contributed by atoms with Crippen LogP contribution in [0.3, 0.4) is 0 Å². The zero-order valence-electron chi connectivity index (χ0n) is 12.8. The number of anilines is 2. The first-order chi connectivity index (χ1) is 11.5. The zero-order chi connectivity index (χ0) is 17.3. The number of halogens is 2. The normalized spacial score (nSPS) is 17.3. The first-order valence-electron chi connectivity index (χ1n) is 7.22. The first kappa shape index (κ1) is 16.8. The zero-order valence-corrected chi connectivity index (χ0v) is 15.1. The molecule has 1 aliphatic heterocycles. The summed E-state index contributed by atoms with van der Waals surface area (Å²) in [7, 11) is 1.53. The summed E-state index contributed by atoms with van der Waals surface area (Å²) in [6.07, 6.45) is 0.0871. The lowest BCUT2D eigenvalue weighted by atomic mass is 10.2. The molecule has 0 bridgehead atoms. The molecular formula is C17H14BrClN2O3. The Balaban J connectivity index is 1.82. The molecule has 1 heterocycles. The number of benzene rings is 2. The number of ether oxygens (including phenoxy) is 1. The van der Waals surface area contributed by atoms with Crippen LogP contribution in [-0.4, -0.2) is 25.0 Å². The van der Waals surface area contributed by atoms with E-state index >= 15 is 0 Å². The van der Waals surface area contributed by atoms with Crippen LogP contribution in [0, 0.1) is 0 Å². The van der Waals surface area contributed by atoms with Crippen LogP contribution in [0.4, 0.5) is 11.4 Å². The van der Waals surface area contributed by atoms with E-state index in [2.05, 4.69) is 21.2 Å². The van der Waals surface area contributed by atoms with Crippen LogP contribution in [0.1, 0.15) is 6.42 Å². The second-order valence-electron chi connectivity index (χ2n) is 5.27. The summed E-state index contributed by atoms with van der Waals surface area (Å²) in [5.41, 5.74) is 1.20. The number of rotatable bonds is 4. The monoisotopic (exact) mass is 408 g/mol. The van der Waals surface area contributed by atoms with Gasteiger partial charge in [-0.3, -0.25) is 9.59 Å². The highest BCUT2D eigenvalue weighted by molar-refractivity contribution is 9.10. The highest BCUT2D eigenvalue weighted by atomic mass is 79.9.